The van der Waals surface area contributed by atoms with Gasteiger partial charge in [0.1, 0.15) is 18.2 Å². The first kappa shape index (κ1) is 15.8. The quantitative estimate of drug-likeness (QED) is 0.301. The van der Waals surface area contributed by atoms with E-state index in [1.54, 1.807) is 12.1 Å². The standard InChI is InChI=1S/C12H20N2O5/c1-7-2-3-9(17)8(4-7)12(13-10(18)5-15)14-11(19)6-16/h2-4,10-19H,5-6H2,1H3. The zero-order valence-electron chi connectivity index (χ0n) is 10.6. The Morgan fingerprint density at radius 2 is 1.58 bits per heavy atom. The number of rotatable bonds is 7. The van der Waals surface area contributed by atoms with Gasteiger partial charge in [0.2, 0.25) is 0 Å². The van der Waals surface area contributed by atoms with E-state index in [0.717, 1.165) is 5.56 Å². The maximum Gasteiger partial charge on any atom is 0.129 e. The minimum Gasteiger partial charge on any atom is -0.508 e. The zero-order chi connectivity index (χ0) is 14.4. The normalized spacial score (nSPS) is 16.1. The molecule has 1 aromatic carbocycles. The van der Waals surface area contributed by atoms with Gasteiger partial charge < -0.3 is 25.5 Å². The minimum atomic E-state index is -1.23. The average Bonchev–Trinajstić information content (AvgIpc) is 2.40. The number of hydrogen-bond donors (Lipinski definition) is 7. The summed E-state index contributed by atoms with van der Waals surface area (Å²) in [5.74, 6) is -0.0362. The highest BCUT2D eigenvalue weighted by molar-refractivity contribution is 5.37. The highest BCUT2D eigenvalue weighted by atomic mass is 16.3. The molecule has 0 aliphatic heterocycles. The van der Waals surface area contributed by atoms with Crippen LogP contribution in [0.1, 0.15) is 17.3 Å². The molecule has 0 radical (unpaired) electrons. The number of aliphatic hydroxyl groups excluding tert-OH is 4. The molecule has 2 unspecified atom stereocenters. The summed E-state index contributed by atoms with van der Waals surface area (Å²) in [6.45, 7) is 0.769. The maximum atomic E-state index is 9.81. The zero-order valence-corrected chi connectivity index (χ0v) is 10.6. The van der Waals surface area contributed by atoms with Crippen molar-refractivity contribution in [1.29, 1.82) is 0 Å². The summed E-state index contributed by atoms with van der Waals surface area (Å²) in [7, 11) is 0. The number of aryl methyl sites for hydroxylation is 1. The molecular weight excluding hydrogens is 252 g/mol. The van der Waals surface area contributed by atoms with Crippen LogP contribution < -0.4 is 10.6 Å². The van der Waals surface area contributed by atoms with Gasteiger partial charge in [0.05, 0.1) is 19.4 Å². The summed E-state index contributed by atoms with van der Waals surface area (Å²) in [6, 6.07) is 4.85. The van der Waals surface area contributed by atoms with Gasteiger partial charge in [-0.3, -0.25) is 10.6 Å². The van der Waals surface area contributed by atoms with Gasteiger partial charge in [-0.1, -0.05) is 11.6 Å². The Balaban J connectivity index is 2.96. The second-order valence-corrected chi connectivity index (χ2v) is 4.23. The van der Waals surface area contributed by atoms with Crippen molar-refractivity contribution in [2.24, 2.45) is 0 Å². The van der Waals surface area contributed by atoms with Gasteiger partial charge in [0.25, 0.3) is 0 Å². The van der Waals surface area contributed by atoms with Crippen LogP contribution in [-0.4, -0.2) is 51.2 Å². The van der Waals surface area contributed by atoms with Crippen LogP contribution in [0.15, 0.2) is 18.2 Å². The van der Waals surface area contributed by atoms with Gasteiger partial charge in [-0.15, -0.1) is 0 Å². The third-order valence-electron chi connectivity index (χ3n) is 2.56. The fourth-order valence-corrected chi connectivity index (χ4v) is 1.62. The molecule has 2 atom stereocenters. The molecule has 7 nitrogen and oxygen atoms in total. The van der Waals surface area contributed by atoms with Crippen LogP contribution in [0.25, 0.3) is 0 Å². The highest BCUT2D eigenvalue weighted by Gasteiger charge is 2.20. The summed E-state index contributed by atoms with van der Waals surface area (Å²) in [6.07, 6.45) is -3.30. The molecule has 1 rings (SSSR count). The third-order valence-corrected chi connectivity index (χ3v) is 2.56. The Morgan fingerprint density at radius 3 is 2.05 bits per heavy atom. The topological polar surface area (TPSA) is 125 Å². The first-order chi connectivity index (χ1) is 8.97. The van der Waals surface area contributed by atoms with Gasteiger partial charge >= 0.3 is 0 Å². The van der Waals surface area contributed by atoms with Crippen molar-refractivity contribution in [2.45, 2.75) is 25.5 Å². The predicted molar refractivity (Wildman–Crippen MR) is 68.0 cm³/mol. The summed E-state index contributed by atoms with van der Waals surface area (Å²) >= 11 is 0. The smallest absolute Gasteiger partial charge is 0.129 e. The first-order valence-corrected chi connectivity index (χ1v) is 5.87. The summed E-state index contributed by atoms with van der Waals surface area (Å²) in [5, 5.41) is 51.4. The predicted octanol–water partition coefficient (Wildman–Crippen LogP) is -1.50. The largest absolute Gasteiger partial charge is 0.508 e. The SMILES string of the molecule is Cc1ccc(O)c(C(NC(O)CO)NC(O)CO)c1. The molecule has 1 aromatic rings. The minimum absolute atomic E-state index is 0.0362. The van der Waals surface area contributed by atoms with E-state index < -0.39 is 31.8 Å². The molecule has 0 heterocycles. The lowest BCUT2D eigenvalue weighted by Gasteiger charge is -2.26. The lowest BCUT2D eigenvalue weighted by molar-refractivity contribution is 0.0206. The van der Waals surface area contributed by atoms with Crippen LogP contribution in [0.2, 0.25) is 0 Å². The Bertz CT molecular complexity index is 390. The van der Waals surface area contributed by atoms with Crippen molar-refractivity contribution in [3.05, 3.63) is 29.3 Å². The molecule has 0 saturated heterocycles. The van der Waals surface area contributed by atoms with E-state index in [1.165, 1.54) is 6.07 Å². The Hall–Kier alpha value is -1.22. The molecule has 108 valence electrons. The number of phenols is 1. The molecule has 0 aliphatic carbocycles. The summed E-state index contributed by atoms with van der Waals surface area (Å²) < 4.78 is 0. The van der Waals surface area contributed by atoms with Gasteiger partial charge in [-0.2, -0.15) is 0 Å². The van der Waals surface area contributed by atoms with Crippen molar-refractivity contribution >= 4 is 0 Å². The van der Waals surface area contributed by atoms with E-state index in [2.05, 4.69) is 10.6 Å². The van der Waals surface area contributed by atoms with Crippen LogP contribution in [-0.2, 0) is 0 Å². The van der Waals surface area contributed by atoms with E-state index in [9.17, 15) is 15.3 Å². The Kier molecular flexibility index (Phi) is 6.16. The molecular formula is C12H20N2O5. The van der Waals surface area contributed by atoms with E-state index in [4.69, 9.17) is 10.2 Å². The monoisotopic (exact) mass is 272 g/mol. The van der Waals surface area contributed by atoms with E-state index in [1.807, 2.05) is 6.92 Å². The fraction of sp³-hybridized carbons (Fsp3) is 0.500. The summed E-state index contributed by atoms with van der Waals surface area (Å²) in [5.41, 5.74) is 1.26. The molecule has 0 saturated carbocycles. The Labute approximate surface area is 111 Å². The molecule has 19 heavy (non-hydrogen) atoms. The number of hydrogen-bond acceptors (Lipinski definition) is 7. The maximum absolute atomic E-state index is 9.81. The second-order valence-electron chi connectivity index (χ2n) is 4.23. The van der Waals surface area contributed by atoms with Crippen LogP contribution in [0.5, 0.6) is 5.75 Å². The fourth-order valence-electron chi connectivity index (χ4n) is 1.62. The Morgan fingerprint density at radius 1 is 1.05 bits per heavy atom. The van der Waals surface area contributed by atoms with Crippen molar-refractivity contribution in [2.75, 3.05) is 13.2 Å². The number of aromatic hydroxyl groups is 1. The van der Waals surface area contributed by atoms with Gasteiger partial charge in [0, 0.05) is 5.56 Å². The lowest BCUT2D eigenvalue weighted by Crippen LogP contribution is -2.47. The molecule has 0 aliphatic rings. The molecule has 7 heteroatoms. The van der Waals surface area contributed by atoms with Crippen molar-refractivity contribution in [3.8, 4) is 5.75 Å². The van der Waals surface area contributed by atoms with Crippen LogP contribution in [0.4, 0.5) is 0 Å². The van der Waals surface area contributed by atoms with Gasteiger partial charge in [-0.25, -0.2) is 0 Å². The summed E-state index contributed by atoms with van der Waals surface area (Å²) in [4.78, 5) is 0. The first-order valence-electron chi connectivity index (χ1n) is 5.87. The molecule has 0 aromatic heterocycles. The van der Waals surface area contributed by atoms with Gasteiger partial charge in [-0.05, 0) is 19.1 Å². The van der Waals surface area contributed by atoms with E-state index in [0.29, 0.717) is 5.56 Å². The molecule has 0 bridgehead atoms. The molecule has 0 fully saturated rings. The second kappa shape index (κ2) is 7.39. The van der Waals surface area contributed by atoms with Crippen LogP contribution in [0, 0.1) is 6.92 Å². The highest BCUT2D eigenvalue weighted by Crippen LogP contribution is 2.24. The number of benzene rings is 1. The number of phenolic OH excluding ortho intramolecular Hbond substituents is 1. The third kappa shape index (κ3) is 4.75. The van der Waals surface area contributed by atoms with Crippen molar-refractivity contribution in [1.82, 2.24) is 10.6 Å². The van der Waals surface area contributed by atoms with Crippen LogP contribution in [0.3, 0.4) is 0 Å². The van der Waals surface area contributed by atoms with Gasteiger partial charge in [0.15, 0.2) is 0 Å². The van der Waals surface area contributed by atoms with Crippen molar-refractivity contribution in [3.63, 3.8) is 0 Å². The lowest BCUT2D eigenvalue weighted by atomic mass is 10.1. The van der Waals surface area contributed by atoms with E-state index in [-0.39, 0.29) is 5.75 Å². The average molecular weight is 272 g/mol. The number of nitrogens with one attached hydrogen (secondary N) is 2. The molecule has 7 N–H and O–H groups in total. The van der Waals surface area contributed by atoms with Crippen LogP contribution >= 0.6 is 0 Å². The molecule has 0 spiro atoms. The van der Waals surface area contributed by atoms with E-state index >= 15 is 0 Å². The molecule has 0 amide bonds. The number of aliphatic hydroxyl groups is 4. The van der Waals surface area contributed by atoms with Crippen molar-refractivity contribution < 1.29 is 25.5 Å².